The average Bonchev–Trinajstić information content (AvgIpc) is 2.83. The predicted molar refractivity (Wildman–Crippen MR) is 80.2 cm³/mol. The van der Waals surface area contributed by atoms with Crippen molar-refractivity contribution in [1.82, 2.24) is 0 Å². The van der Waals surface area contributed by atoms with E-state index in [1.807, 2.05) is 30.3 Å². The van der Waals surface area contributed by atoms with E-state index in [1.54, 1.807) is 0 Å². The molecule has 130 valence electrons. The number of rotatable bonds is 2. The van der Waals surface area contributed by atoms with Crippen LogP contribution in [0, 0.1) is 0 Å². The lowest BCUT2D eigenvalue weighted by molar-refractivity contribution is -0.363. The molecule has 1 aromatic carbocycles. The van der Waals surface area contributed by atoms with Crippen molar-refractivity contribution in [3.63, 3.8) is 0 Å². The zero-order valence-electron chi connectivity index (χ0n) is 13.3. The van der Waals surface area contributed by atoms with Gasteiger partial charge in [0.05, 0.1) is 6.61 Å². The van der Waals surface area contributed by atoms with Crippen LogP contribution in [0.5, 0.6) is 0 Å². The Kier molecular flexibility index (Phi) is 4.62. The van der Waals surface area contributed by atoms with Crippen LogP contribution in [0.1, 0.15) is 11.9 Å². The van der Waals surface area contributed by atoms with Gasteiger partial charge in [0.25, 0.3) is 0 Å². The van der Waals surface area contributed by atoms with Gasteiger partial charge in [0.15, 0.2) is 18.4 Å². The van der Waals surface area contributed by atoms with Gasteiger partial charge in [-0.2, -0.15) is 0 Å². The predicted octanol–water partition coefficient (Wildman–Crippen LogP) is 0.825. The zero-order chi connectivity index (χ0) is 16.5. The fourth-order valence-electron chi connectivity index (χ4n) is 3.30. The first kappa shape index (κ1) is 16.1. The third-order valence-corrected chi connectivity index (χ3v) is 4.46. The first-order valence-corrected chi connectivity index (χ1v) is 8.01. The van der Waals surface area contributed by atoms with E-state index in [4.69, 9.17) is 28.4 Å². The standard InChI is InChI=1S/C17H20O7/c1-19-17-15-14(20-7-11(18)8-21-15)13-12(23-17)9-22-16(24-13)10-5-3-2-4-6-10/h2-6,12-17H,7-9H2,1H3/t12-,13+,14+,15-,16+,17-/m1/s1. The third kappa shape index (κ3) is 2.99. The molecular weight excluding hydrogens is 316 g/mol. The maximum Gasteiger partial charge on any atom is 0.186 e. The first-order valence-electron chi connectivity index (χ1n) is 8.01. The summed E-state index contributed by atoms with van der Waals surface area (Å²) in [5.74, 6) is -0.109. The van der Waals surface area contributed by atoms with E-state index in [2.05, 4.69) is 0 Å². The minimum atomic E-state index is -0.623. The Balaban J connectivity index is 1.57. The lowest BCUT2D eigenvalue weighted by Crippen LogP contribution is -2.63. The van der Waals surface area contributed by atoms with Crippen molar-refractivity contribution in [2.24, 2.45) is 0 Å². The molecule has 3 aliphatic heterocycles. The highest BCUT2D eigenvalue weighted by molar-refractivity contribution is 5.81. The van der Waals surface area contributed by atoms with Gasteiger partial charge in [-0.15, -0.1) is 0 Å². The molecule has 3 aliphatic rings. The molecular formula is C17H20O7. The van der Waals surface area contributed by atoms with Gasteiger partial charge in [-0.05, 0) is 0 Å². The summed E-state index contributed by atoms with van der Waals surface area (Å²) < 4.78 is 34.6. The van der Waals surface area contributed by atoms with Crippen molar-refractivity contribution in [2.45, 2.75) is 37.0 Å². The van der Waals surface area contributed by atoms with Gasteiger partial charge in [0, 0.05) is 12.7 Å². The zero-order valence-corrected chi connectivity index (χ0v) is 13.3. The Morgan fingerprint density at radius 3 is 2.46 bits per heavy atom. The Morgan fingerprint density at radius 1 is 0.958 bits per heavy atom. The quantitative estimate of drug-likeness (QED) is 0.792. The summed E-state index contributed by atoms with van der Waals surface area (Å²) >= 11 is 0. The van der Waals surface area contributed by atoms with Crippen molar-refractivity contribution in [3.8, 4) is 0 Å². The maximum atomic E-state index is 11.7. The molecule has 24 heavy (non-hydrogen) atoms. The molecule has 7 heteroatoms. The van der Waals surface area contributed by atoms with Gasteiger partial charge < -0.3 is 28.4 Å². The number of benzene rings is 1. The van der Waals surface area contributed by atoms with Crippen molar-refractivity contribution in [3.05, 3.63) is 35.9 Å². The molecule has 7 nitrogen and oxygen atoms in total. The molecule has 3 fully saturated rings. The Hall–Kier alpha value is -1.35. The Labute approximate surface area is 139 Å². The van der Waals surface area contributed by atoms with E-state index in [0.29, 0.717) is 6.61 Å². The van der Waals surface area contributed by atoms with Crippen molar-refractivity contribution in [2.75, 3.05) is 26.9 Å². The van der Waals surface area contributed by atoms with Crippen LogP contribution >= 0.6 is 0 Å². The molecule has 3 heterocycles. The van der Waals surface area contributed by atoms with Gasteiger partial charge >= 0.3 is 0 Å². The molecule has 0 saturated carbocycles. The van der Waals surface area contributed by atoms with Crippen LogP contribution in [-0.2, 0) is 33.2 Å². The second-order valence-electron chi connectivity index (χ2n) is 6.05. The van der Waals surface area contributed by atoms with Crippen LogP contribution in [0.25, 0.3) is 0 Å². The van der Waals surface area contributed by atoms with E-state index >= 15 is 0 Å². The van der Waals surface area contributed by atoms with Gasteiger partial charge in [-0.1, -0.05) is 30.3 Å². The summed E-state index contributed by atoms with van der Waals surface area (Å²) in [7, 11) is 1.54. The number of ketones is 1. The summed E-state index contributed by atoms with van der Waals surface area (Å²) in [6.07, 6.45) is -2.83. The van der Waals surface area contributed by atoms with Crippen LogP contribution in [0.15, 0.2) is 30.3 Å². The number of ether oxygens (including phenoxy) is 6. The molecule has 4 rings (SSSR count). The summed E-state index contributed by atoms with van der Waals surface area (Å²) in [4.78, 5) is 11.7. The maximum absolute atomic E-state index is 11.7. The molecule has 0 bridgehead atoms. The SMILES string of the molecule is CO[C@@H]1O[C@@H]2CO[C@H](c3ccccc3)O[C@@H]2[C@@H]2OCC(=O)CO[C@@H]12. The van der Waals surface area contributed by atoms with Crippen LogP contribution in [0.4, 0.5) is 0 Å². The fraction of sp³-hybridized carbons (Fsp3) is 0.588. The van der Waals surface area contributed by atoms with E-state index in [0.717, 1.165) is 5.56 Å². The topological polar surface area (TPSA) is 72.5 Å². The highest BCUT2D eigenvalue weighted by Crippen LogP contribution is 2.36. The monoisotopic (exact) mass is 336 g/mol. The Bertz CT molecular complexity index is 578. The van der Waals surface area contributed by atoms with Crippen molar-refractivity contribution < 1.29 is 33.2 Å². The number of Topliss-reactive ketones (excluding diaryl/α,β-unsaturated/α-hetero) is 1. The average molecular weight is 336 g/mol. The number of carbonyl (C=O) groups excluding carboxylic acids is 1. The van der Waals surface area contributed by atoms with Crippen LogP contribution < -0.4 is 0 Å². The van der Waals surface area contributed by atoms with Gasteiger partial charge in [-0.3, -0.25) is 4.79 Å². The minimum Gasteiger partial charge on any atom is -0.365 e. The molecule has 0 N–H and O–H groups in total. The molecule has 6 atom stereocenters. The highest BCUT2D eigenvalue weighted by Gasteiger charge is 2.52. The molecule has 0 spiro atoms. The number of hydrogen-bond donors (Lipinski definition) is 0. The van der Waals surface area contributed by atoms with Crippen LogP contribution in [-0.4, -0.2) is 63.4 Å². The van der Waals surface area contributed by atoms with Crippen molar-refractivity contribution in [1.29, 1.82) is 0 Å². The molecule has 0 aromatic heterocycles. The summed E-state index contributed by atoms with van der Waals surface area (Å²) in [6, 6.07) is 9.68. The van der Waals surface area contributed by atoms with Crippen LogP contribution in [0.3, 0.4) is 0 Å². The van der Waals surface area contributed by atoms with Crippen LogP contribution in [0.2, 0.25) is 0 Å². The first-order chi connectivity index (χ1) is 11.8. The summed E-state index contributed by atoms with van der Waals surface area (Å²) in [5.41, 5.74) is 0.923. The highest BCUT2D eigenvalue weighted by atomic mass is 16.8. The molecule has 1 aromatic rings. The number of hydrogen-bond acceptors (Lipinski definition) is 7. The normalized spacial score (nSPS) is 39.6. The van der Waals surface area contributed by atoms with Gasteiger partial charge in [-0.25, -0.2) is 0 Å². The second-order valence-corrected chi connectivity index (χ2v) is 6.05. The van der Waals surface area contributed by atoms with Gasteiger partial charge in [0.2, 0.25) is 0 Å². The molecule has 0 aliphatic carbocycles. The molecule has 0 amide bonds. The van der Waals surface area contributed by atoms with E-state index in [-0.39, 0.29) is 25.1 Å². The number of methoxy groups -OCH3 is 1. The Morgan fingerprint density at radius 2 is 1.71 bits per heavy atom. The molecule has 0 unspecified atom stereocenters. The lowest BCUT2D eigenvalue weighted by Gasteiger charge is -2.47. The summed E-state index contributed by atoms with van der Waals surface area (Å²) in [5, 5.41) is 0. The van der Waals surface area contributed by atoms with E-state index < -0.39 is 30.9 Å². The fourth-order valence-corrected chi connectivity index (χ4v) is 3.30. The lowest BCUT2D eigenvalue weighted by atomic mass is 9.97. The van der Waals surface area contributed by atoms with E-state index in [9.17, 15) is 4.79 Å². The van der Waals surface area contributed by atoms with Crippen molar-refractivity contribution >= 4 is 5.78 Å². The second kappa shape index (κ2) is 6.87. The number of fused-ring (bicyclic) bond motifs is 3. The number of carbonyl (C=O) groups is 1. The molecule has 0 radical (unpaired) electrons. The smallest absolute Gasteiger partial charge is 0.186 e. The molecule has 3 saturated heterocycles. The van der Waals surface area contributed by atoms with E-state index in [1.165, 1.54) is 7.11 Å². The minimum absolute atomic E-state index is 0.00103. The largest absolute Gasteiger partial charge is 0.365 e. The third-order valence-electron chi connectivity index (χ3n) is 4.46. The van der Waals surface area contributed by atoms with Gasteiger partial charge in [0.1, 0.15) is 37.6 Å². The summed E-state index contributed by atoms with van der Waals surface area (Å²) in [6.45, 7) is 0.339.